The first-order valence-corrected chi connectivity index (χ1v) is 8.51. The second-order valence-electron chi connectivity index (χ2n) is 7.37. The fourth-order valence-corrected chi connectivity index (χ4v) is 3.09. The highest BCUT2D eigenvalue weighted by Crippen LogP contribution is 2.39. The van der Waals surface area contributed by atoms with Crippen LogP contribution in [0.15, 0.2) is 18.3 Å². The number of halogens is 5. The Bertz CT molecular complexity index is 871. The van der Waals surface area contributed by atoms with Crippen LogP contribution in [0.4, 0.5) is 27.6 Å². The molecule has 4 rings (SSSR count). The maximum absolute atomic E-state index is 13.2. The lowest BCUT2D eigenvalue weighted by Crippen LogP contribution is -2.56. The SMILES string of the molecule is CC1(c2cc(-c3cc(OCC(F)(F)F)c(N4CC(F)(F)C4)cn3)n[nH]2)COC1. The average Bonchev–Trinajstić information content (AvgIpc) is 3.05. The van der Waals surface area contributed by atoms with Crippen LogP contribution in [-0.4, -0.2) is 60.2 Å². The molecule has 2 fully saturated rings. The van der Waals surface area contributed by atoms with Crippen molar-refractivity contribution in [3.05, 3.63) is 24.0 Å². The van der Waals surface area contributed by atoms with E-state index in [0.717, 1.165) is 5.69 Å². The monoisotopic (exact) mass is 404 g/mol. The van der Waals surface area contributed by atoms with Gasteiger partial charge in [-0.25, -0.2) is 8.78 Å². The highest BCUT2D eigenvalue weighted by Gasteiger charge is 2.45. The first-order valence-electron chi connectivity index (χ1n) is 8.51. The van der Waals surface area contributed by atoms with E-state index in [1.807, 2.05) is 6.92 Å². The minimum absolute atomic E-state index is 0.0917. The van der Waals surface area contributed by atoms with E-state index in [-0.39, 0.29) is 22.5 Å². The van der Waals surface area contributed by atoms with E-state index in [1.165, 1.54) is 17.2 Å². The van der Waals surface area contributed by atoms with Crippen molar-refractivity contribution < 1.29 is 31.4 Å². The molecule has 0 amide bonds. The Morgan fingerprint density at radius 2 is 1.93 bits per heavy atom. The summed E-state index contributed by atoms with van der Waals surface area (Å²) in [5, 5.41) is 7.05. The van der Waals surface area contributed by atoms with Crippen molar-refractivity contribution in [1.29, 1.82) is 0 Å². The number of nitrogens with zero attached hydrogens (tertiary/aromatic N) is 3. The Morgan fingerprint density at radius 3 is 2.50 bits per heavy atom. The number of alkyl halides is 5. The highest BCUT2D eigenvalue weighted by atomic mass is 19.4. The van der Waals surface area contributed by atoms with Crippen LogP contribution in [0.1, 0.15) is 12.6 Å². The van der Waals surface area contributed by atoms with Gasteiger partial charge in [-0.3, -0.25) is 10.1 Å². The van der Waals surface area contributed by atoms with E-state index in [4.69, 9.17) is 9.47 Å². The van der Waals surface area contributed by atoms with Crippen molar-refractivity contribution in [3.8, 4) is 17.1 Å². The number of H-pyrrole nitrogens is 1. The molecule has 2 aliphatic rings. The molecule has 11 heteroatoms. The van der Waals surface area contributed by atoms with Crippen molar-refractivity contribution in [2.24, 2.45) is 0 Å². The van der Waals surface area contributed by atoms with Crippen molar-refractivity contribution in [2.75, 3.05) is 37.8 Å². The van der Waals surface area contributed by atoms with Gasteiger partial charge in [-0.2, -0.15) is 18.3 Å². The van der Waals surface area contributed by atoms with E-state index >= 15 is 0 Å². The summed E-state index contributed by atoms with van der Waals surface area (Å²) >= 11 is 0. The number of anilines is 1. The van der Waals surface area contributed by atoms with Crippen molar-refractivity contribution in [3.63, 3.8) is 0 Å². The zero-order valence-electron chi connectivity index (χ0n) is 14.8. The lowest BCUT2D eigenvalue weighted by atomic mass is 9.85. The summed E-state index contributed by atoms with van der Waals surface area (Å²) in [6.07, 6.45) is -3.32. The van der Waals surface area contributed by atoms with Crippen LogP contribution in [0.5, 0.6) is 5.75 Å². The minimum Gasteiger partial charge on any atom is -0.482 e. The van der Waals surface area contributed by atoms with Gasteiger partial charge in [0.25, 0.3) is 5.92 Å². The van der Waals surface area contributed by atoms with Gasteiger partial charge in [0.15, 0.2) is 6.61 Å². The van der Waals surface area contributed by atoms with Crippen LogP contribution >= 0.6 is 0 Å². The van der Waals surface area contributed by atoms with Crippen molar-refractivity contribution in [2.45, 2.75) is 24.4 Å². The van der Waals surface area contributed by atoms with Gasteiger partial charge in [0, 0.05) is 11.8 Å². The molecular weight excluding hydrogens is 387 g/mol. The molecule has 2 aromatic heterocycles. The fraction of sp³-hybridized carbons (Fsp3) is 0.529. The summed E-state index contributed by atoms with van der Waals surface area (Å²) in [4.78, 5) is 5.41. The third kappa shape index (κ3) is 3.62. The molecule has 2 aliphatic heterocycles. The molecule has 2 saturated heterocycles. The van der Waals surface area contributed by atoms with Crippen LogP contribution in [-0.2, 0) is 10.2 Å². The molecular formula is C17H17F5N4O2. The van der Waals surface area contributed by atoms with Crippen LogP contribution in [0.25, 0.3) is 11.4 Å². The number of aromatic amines is 1. The molecule has 2 aromatic rings. The van der Waals surface area contributed by atoms with Gasteiger partial charge < -0.3 is 14.4 Å². The summed E-state index contributed by atoms with van der Waals surface area (Å²) < 4.78 is 74.2. The standard InChI is InChI=1S/C17H17F5N4O2/c1-15(7-27-8-15)14-3-11(24-25-14)10-2-13(28-9-17(20,21)22)12(4-23-10)26-5-16(18,19)6-26/h2-4H,5-9H2,1H3,(H,24,25). The van der Waals surface area contributed by atoms with E-state index in [2.05, 4.69) is 15.2 Å². The van der Waals surface area contributed by atoms with Gasteiger partial charge in [-0.05, 0) is 13.0 Å². The van der Waals surface area contributed by atoms with Crippen molar-refractivity contribution >= 4 is 5.69 Å². The lowest BCUT2D eigenvalue weighted by Gasteiger charge is -2.40. The van der Waals surface area contributed by atoms with Gasteiger partial charge in [0.05, 0.1) is 49.3 Å². The van der Waals surface area contributed by atoms with Gasteiger partial charge in [-0.15, -0.1) is 0 Å². The predicted molar refractivity (Wildman–Crippen MR) is 88.7 cm³/mol. The second kappa shape index (κ2) is 6.29. The third-order valence-electron chi connectivity index (χ3n) is 4.75. The van der Waals surface area contributed by atoms with Gasteiger partial charge in [0.2, 0.25) is 0 Å². The molecule has 0 spiro atoms. The Kier molecular flexibility index (Phi) is 4.25. The largest absolute Gasteiger partial charge is 0.482 e. The highest BCUT2D eigenvalue weighted by molar-refractivity contribution is 5.66. The first kappa shape index (κ1) is 18.9. The van der Waals surface area contributed by atoms with Gasteiger partial charge in [-0.1, -0.05) is 0 Å². The van der Waals surface area contributed by atoms with Gasteiger partial charge in [0.1, 0.15) is 11.4 Å². The zero-order chi connectivity index (χ0) is 20.2. The Morgan fingerprint density at radius 1 is 1.21 bits per heavy atom. The number of nitrogens with one attached hydrogen (secondary N) is 1. The summed E-state index contributed by atoms with van der Waals surface area (Å²) in [5.74, 6) is -3.04. The fourth-order valence-electron chi connectivity index (χ4n) is 3.09. The molecule has 0 saturated carbocycles. The topological polar surface area (TPSA) is 63.3 Å². The maximum atomic E-state index is 13.2. The quantitative estimate of drug-likeness (QED) is 0.776. The number of hydrogen-bond donors (Lipinski definition) is 1. The summed E-state index contributed by atoms with van der Waals surface area (Å²) in [6, 6.07) is 3.03. The third-order valence-corrected chi connectivity index (χ3v) is 4.75. The summed E-state index contributed by atoms with van der Waals surface area (Å²) in [7, 11) is 0. The molecule has 0 aliphatic carbocycles. The van der Waals surface area contributed by atoms with Crippen LogP contribution in [0.3, 0.4) is 0 Å². The molecule has 0 unspecified atom stereocenters. The maximum Gasteiger partial charge on any atom is 0.422 e. The molecule has 0 bridgehead atoms. The predicted octanol–water partition coefficient (Wildman–Crippen LogP) is 3.16. The van der Waals surface area contributed by atoms with Gasteiger partial charge >= 0.3 is 6.18 Å². The van der Waals surface area contributed by atoms with Crippen LogP contribution in [0.2, 0.25) is 0 Å². The second-order valence-corrected chi connectivity index (χ2v) is 7.37. The summed E-state index contributed by atoms with van der Waals surface area (Å²) in [6.45, 7) is 0.331. The molecule has 4 heterocycles. The normalized spacial score (nSPS) is 20.4. The molecule has 0 atom stereocenters. The number of aromatic nitrogens is 3. The Labute approximate surface area is 156 Å². The zero-order valence-corrected chi connectivity index (χ0v) is 14.8. The molecule has 6 nitrogen and oxygen atoms in total. The summed E-state index contributed by atoms with van der Waals surface area (Å²) in [5.41, 5.74) is 1.40. The van der Waals surface area contributed by atoms with Crippen LogP contribution in [0, 0.1) is 0 Å². The minimum atomic E-state index is -4.56. The van der Waals surface area contributed by atoms with Crippen molar-refractivity contribution in [1.82, 2.24) is 15.2 Å². The number of pyridine rings is 1. The first-order chi connectivity index (χ1) is 13.0. The Hall–Kier alpha value is -2.43. The molecule has 1 N–H and O–H groups in total. The Balaban J connectivity index is 1.62. The average molecular weight is 404 g/mol. The lowest BCUT2D eigenvalue weighted by molar-refractivity contribution is -0.153. The van der Waals surface area contributed by atoms with E-state index in [9.17, 15) is 22.0 Å². The molecule has 0 radical (unpaired) electrons. The smallest absolute Gasteiger partial charge is 0.422 e. The molecule has 28 heavy (non-hydrogen) atoms. The number of rotatable bonds is 5. The molecule has 152 valence electrons. The van der Waals surface area contributed by atoms with E-state index < -0.39 is 31.8 Å². The molecule has 0 aromatic carbocycles. The number of hydrogen-bond acceptors (Lipinski definition) is 5. The van der Waals surface area contributed by atoms with E-state index in [1.54, 1.807) is 6.07 Å². The number of ether oxygens (including phenoxy) is 2. The van der Waals surface area contributed by atoms with Crippen LogP contribution < -0.4 is 9.64 Å². The van der Waals surface area contributed by atoms with E-state index in [0.29, 0.717) is 18.9 Å².